The second-order valence-electron chi connectivity index (χ2n) is 7.08. The van der Waals surface area contributed by atoms with Gasteiger partial charge >= 0.3 is 0 Å². The number of rotatable bonds is 7. The van der Waals surface area contributed by atoms with E-state index in [2.05, 4.69) is 10.8 Å². The summed E-state index contributed by atoms with van der Waals surface area (Å²) >= 11 is 0. The summed E-state index contributed by atoms with van der Waals surface area (Å²) in [7, 11) is 1.60. The molecule has 7 nitrogen and oxygen atoms in total. The van der Waals surface area contributed by atoms with Crippen LogP contribution in [-0.2, 0) is 21.2 Å². The van der Waals surface area contributed by atoms with Crippen LogP contribution >= 0.6 is 22.0 Å². The van der Waals surface area contributed by atoms with Crippen molar-refractivity contribution >= 4 is 60.6 Å². The van der Waals surface area contributed by atoms with Crippen molar-refractivity contribution in [3.8, 4) is 0 Å². The Labute approximate surface area is 179 Å². The highest BCUT2D eigenvalue weighted by Crippen LogP contribution is 2.57. The third kappa shape index (κ3) is 4.82. The van der Waals surface area contributed by atoms with E-state index in [1.807, 2.05) is 44.8 Å². The van der Waals surface area contributed by atoms with E-state index in [4.69, 9.17) is 0 Å². The van der Waals surface area contributed by atoms with Gasteiger partial charge in [0.25, 0.3) is 0 Å². The second kappa shape index (κ2) is 8.10. The summed E-state index contributed by atoms with van der Waals surface area (Å²) in [6, 6.07) is 13.5. The van der Waals surface area contributed by atoms with Gasteiger partial charge in [-0.3, -0.25) is 13.8 Å². The third-order valence-electron chi connectivity index (χ3n) is 4.67. The number of fused-ring (bicyclic) bond motifs is 2. The number of sulfonamides is 1. The van der Waals surface area contributed by atoms with Gasteiger partial charge in [-0.15, -0.1) is 0 Å². The van der Waals surface area contributed by atoms with E-state index >= 15 is 0 Å². The van der Waals surface area contributed by atoms with Crippen LogP contribution in [0.2, 0.25) is 0 Å². The van der Waals surface area contributed by atoms with Crippen LogP contribution in [-0.4, -0.2) is 45.0 Å². The van der Waals surface area contributed by atoms with E-state index < -0.39 is 10.0 Å². The van der Waals surface area contributed by atoms with Crippen molar-refractivity contribution in [2.75, 3.05) is 40.3 Å². The number of likely N-dealkylation sites (N-methyl/N-ethyl adjacent to an activating group) is 1. The third-order valence-corrected chi connectivity index (χ3v) is 7.68. The average Bonchev–Trinajstić information content (AvgIpc) is 3.36. The lowest BCUT2D eigenvalue weighted by Crippen LogP contribution is -2.40. The number of nitrogens with zero attached hydrogens (tertiary/aromatic N) is 3. The van der Waals surface area contributed by atoms with Crippen molar-refractivity contribution in [1.29, 1.82) is 0 Å². The Morgan fingerprint density at radius 1 is 1.17 bits per heavy atom. The number of para-hydroxylation sites is 1. The molecular weight excluding hydrogens is 428 g/mol. The Balaban J connectivity index is 1.29. The van der Waals surface area contributed by atoms with Crippen molar-refractivity contribution in [3.63, 3.8) is 0 Å². The number of hydrogen-bond donors (Lipinski definition) is 1. The van der Waals surface area contributed by atoms with Crippen molar-refractivity contribution in [3.05, 3.63) is 48.0 Å². The molecule has 2 aromatic carbocycles. The number of nitrogens with one attached hydrogen (secondary N) is 1. The highest BCUT2D eigenvalue weighted by atomic mass is 33.1. The molecule has 1 amide bonds. The first kappa shape index (κ1) is 20.4. The number of carbonyl (C=O) groups is 1. The molecule has 0 unspecified atom stereocenters. The summed E-state index contributed by atoms with van der Waals surface area (Å²) in [5, 5.41) is 0. The van der Waals surface area contributed by atoms with Gasteiger partial charge in [0.2, 0.25) is 15.9 Å². The normalized spacial score (nSPS) is 15.1. The van der Waals surface area contributed by atoms with Gasteiger partial charge in [0.1, 0.15) is 0 Å². The molecule has 0 fully saturated rings. The lowest BCUT2D eigenvalue weighted by molar-refractivity contribution is -0.118. The van der Waals surface area contributed by atoms with Crippen LogP contribution in [0, 0.1) is 0 Å². The standard InChI is InChI=1S/C19H22N4O3S3/c1-21(13-19(24)22-11-5-7-14-6-3-4-8-16(14)22)27-28-23-17-10-9-15(12-18(17)23)20-29(2,25)26/h3-4,6,8-10,12,20H,5,7,11,13H2,1-2H3. The molecule has 2 aliphatic rings. The van der Waals surface area contributed by atoms with Crippen LogP contribution in [0.5, 0.6) is 0 Å². The number of carbonyl (C=O) groups excluding carboxylic acids is 1. The maximum atomic E-state index is 12.8. The molecule has 0 aromatic heterocycles. The lowest BCUT2D eigenvalue weighted by atomic mass is 10.0. The second-order valence-corrected chi connectivity index (χ2v) is 11.0. The van der Waals surface area contributed by atoms with Crippen molar-refractivity contribution in [2.45, 2.75) is 12.8 Å². The lowest BCUT2D eigenvalue weighted by Gasteiger charge is -2.30. The Morgan fingerprint density at radius 3 is 2.76 bits per heavy atom. The van der Waals surface area contributed by atoms with Crippen molar-refractivity contribution in [1.82, 2.24) is 4.31 Å². The van der Waals surface area contributed by atoms with Gasteiger partial charge in [-0.05, 0) is 49.7 Å². The molecule has 0 bridgehead atoms. The van der Waals surface area contributed by atoms with Gasteiger partial charge in [0.05, 0.1) is 29.9 Å². The first-order chi connectivity index (χ1) is 13.8. The molecule has 0 aliphatic carbocycles. The Bertz CT molecular complexity index is 1040. The van der Waals surface area contributed by atoms with Gasteiger partial charge in [-0.25, -0.2) is 12.7 Å². The molecule has 1 N–H and O–H groups in total. The number of hydrogen-bond acceptors (Lipinski definition) is 7. The number of amides is 1. The van der Waals surface area contributed by atoms with E-state index in [0.29, 0.717) is 12.2 Å². The largest absolute Gasteiger partial charge is 0.311 e. The van der Waals surface area contributed by atoms with Crippen LogP contribution in [0.15, 0.2) is 42.5 Å². The highest BCUT2D eigenvalue weighted by Gasteiger charge is 2.31. The van der Waals surface area contributed by atoms with Gasteiger partial charge in [0, 0.05) is 34.2 Å². The maximum Gasteiger partial charge on any atom is 0.242 e. The molecule has 0 saturated carbocycles. The van der Waals surface area contributed by atoms with Gasteiger partial charge in [-0.1, -0.05) is 18.2 Å². The zero-order chi connectivity index (χ0) is 20.6. The van der Waals surface area contributed by atoms with Crippen LogP contribution in [0.1, 0.15) is 12.0 Å². The Morgan fingerprint density at radius 2 is 1.97 bits per heavy atom. The van der Waals surface area contributed by atoms with Crippen LogP contribution in [0.4, 0.5) is 22.7 Å². The molecule has 10 heteroatoms. The van der Waals surface area contributed by atoms with E-state index in [1.54, 1.807) is 12.1 Å². The molecule has 0 spiro atoms. The molecular formula is C19H22N4O3S3. The summed E-state index contributed by atoms with van der Waals surface area (Å²) in [6.07, 6.45) is 3.14. The molecule has 154 valence electrons. The molecule has 0 radical (unpaired) electrons. The van der Waals surface area contributed by atoms with Gasteiger partial charge in [-0.2, -0.15) is 0 Å². The maximum absolute atomic E-state index is 12.8. The van der Waals surface area contributed by atoms with Gasteiger partial charge < -0.3 is 4.90 Å². The zero-order valence-electron chi connectivity index (χ0n) is 16.2. The summed E-state index contributed by atoms with van der Waals surface area (Å²) in [5.74, 6) is 0.0932. The van der Waals surface area contributed by atoms with E-state index in [0.717, 1.165) is 42.7 Å². The highest BCUT2D eigenvalue weighted by molar-refractivity contribution is 8.76. The van der Waals surface area contributed by atoms with Crippen molar-refractivity contribution in [2.24, 2.45) is 0 Å². The Hall–Kier alpha value is -1.88. The van der Waals surface area contributed by atoms with Gasteiger partial charge in [0.15, 0.2) is 0 Å². The summed E-state index contributed by atoms with van der Waals surface area (Å²) in [6.45, 7) is 1.08. The SMILES string of the molecule is CN(CC(=O)N1CCCc2ccccc21)SSN1c2ccc(NS(C)(=O)=O)cc21. The first-order valence-electron chi connectivity index (χ1n) is 9.18. The first-order valence-corrected chi connectivity index (χ1v) is 13.1. The van der Waals surface area contributed by atoms with Crippen LogP contribution in [0.3, 0.4) is 0 Å². The quantitative estimate of drug-likeness (QED) is 0.392. The zero-order valence-corrected chi connectivity index (χ0v) is 18.6. The smallest absolute Gasteiger partial charge is 0.242 e. The number of aryl methyl sites for hydroxylation is 1. The molecule has 0 saturated heterocycles. The topological polar surface area (TPSA) is 72.7 Å². The predicted octanol–water partition coefficient (Wildman–Crippen LogP) is 3.63. The minimum absolute atomic E-state index is 0.0932. The van der Waals surface area contributed by atoms with Crippen LogP contribution < -0.4 is 13.9 Å². The minimum atomic E-state index is -3.29. The molecule has 2 aromatic rings. The summed E-state index contributed by atoms with van der Waals surface area (Å²) in [5.41, 5.74) is 4.83. The number of benzene rings is 2. The van der Waals surface area contributed by atoms with E-state index in [9.17, 15) is 13.2 Å². The molecule has 2 aliphatic heterocycles. The predicted molar refractivity (Wildman–Crippen MR) is 122 cm³/mol. The molecule has 29 heavy (non-hydrogen) atoms. The summed E-state index contributed by atoms with van der Waals surface area (Å²) in [4.78, 5) is 14.7. The minimum Gasteiger partial charge on any atom is -0.311 e. The fraction of sp³-hybridized carbons (Fsp3) is 0.316. The van der Waals surface area contributed by atoms with E-state index in [-0.39, 0.29) is 5.91 Å². The fourth-order valence-corrected chi connectivity index (χ4v) is 5.87. The monoisotopic (exact) mass is 450 g/mol. The summed E-state index contributed by atoms with van der Waals surface area (Å²) < 4.78 is 29.1. The van der Waals surface area contributed by atoms with E-state index in [1.165, 1.54) is 27.5 Å². The number of anilines is 4. The Kier molecular flexibility index (Phi) is 5.69. The molecule has 4 rings (SSSR count). The average molecular weight is 451 g/mol. The molecule has 0 atom stereocenters. The fourth-order valence-electron chi connectivity index (χ4n) is 3.37. The molecule has 2 heterocycles. The van der Waals surface area contributed by atoms with Crippen molar-refractivity contribution < 1.29 is 13.2 Å². The van der Waals surface area contributed by atoms with Crippen LogP contribution in [0.25, 0.3) is 0 Å².